The van der Waals surface area contributed by atoms with Crippen molar-refractivity contribution < 1.29 is 9.15 Å². The van der Waals surface area contributed by atoms with E-state index in [1.54, 1.807) is 6.92 Å². The summed E-state index contributed by atoms with van der Waals surface area (Å²) in [6.07, 6.45) is 0.137. The number of benzene rings is 1. The second-order valence-electron chi connectivity index (χ2n) is 4.64. The van der Waals surface area contributed by atoms with Crippen LogP contribution < -0.4 is 9.64 Å². The van der Waals surface area contributed by atoms with Crippen LogP contribution in [-0.2, 0) is 6.54 Å². The minimum atomic E-state index is 0.137. The first kappa shape index (κ1) is 12.5. The Labute approximate surface area is 119 Å². The zero-order chi connectivity index (χ0) is 13.4. The molecular formula is C13H14BrN3O2. The summed E-state index contributed by atoms with van der Waals surface area (Å²) in [5.74, 6) is 2.10. The molecule has 1 aliphatic rings. The molecule has 100 valence electrons. The summed E-state index contributed by atoms with van der Waals surface area (Å²) in [5, 5.41) is 7.91. The first-order chi connectivity index (χ1) is 9.11. The van der Waals surface area contributed by atoms with Crippen LogP contribution >= 0.6 is 15.9 Å². The van der Waals surface area contributed by atoms with E-state index < -0.39 is 0 Å². The molecule has 1 aromatic heterocycles. The van der Waals surface area contributed by atoms with Crippen LogP contribution in [-0.4, -0.2) is 22.8 Å². The Morgan fingerprint density at radius 3 is 3.00 bits per heavy atom. The predicted molar refractivity (Wildman–Crippen MR) is 74.3 cm³/mol. The first-order valence-electron chi connectivity index (χ1n) is 6.12. The van der Waals surface area contributed by atoms with Crippen molar-refractivity contribution in [2.45, 2.75) is 26.5 Å². The number of aromatic nitrogens is 2. The molecular weight excluding hydrogens is 310 g/mol. The minimum absolute atomic E-state index is 0.137. The molecule has 5 nitrogen and oxygen atoms in total. The van der Waals surface area contributed by atoms with E-state index in [4.69, 9.17) is 9.15 Å². The fourth-order valence-corrected chi connectivity index (χ4v) is 2.56. The number of nitrogens with zero attached hydrogens (tertiary/aromatic N) is 3. The number of rotatable bonds is 2. The van der Waals surface area contributed by atoms with E-state index in [-0.39, 0.29) is 6.10 Å². The quantitative estimate of drug-likeness (QED) is 0.850. The number of anilines is 1. The van der Waals surface area contributed by atoms with E-state index in [1.807, 2.05) is 18.2 Å². The fourth-order valence-electron chi connectivity index (χ4n) is 2.21. The predicted octanol–water partition coefficient (Wildman–Crippen LogP) is 2.93. The van der Waals surface area contributed by atoms with Gasteiger partial charge in [0.1, 0.15) is 11.9 Å². The maximum absolute atomic E-state index is 5.83. The second-order valence-corrected chi connectivity index (χ2v) is 5.55. The summed E-state index contributed by atoms with van der Waals surface area (Å²) in [6.45, 7) is 5.24. The van der Waals surface area contributed by atoms with Gasteiger partial charge in [-0.2, -0.15) is 0 Å². The Morgan fingerprint density at radius 2 is 2.26 bits per heavy atom. The zero-order valence-corrected chi connectivity index (χ0v) is 12.3. The van der Waals surface area contributed by atoms with E-state index >= 15 is 0 Å². The van der Waals surface area contributed by atoms with Crippen LogP contribution in [0.1, 0.15) is 18.7 Å². The van der Waals surface area contributed by atoms with Crippen LogP contribution in [0.2, 0.25) is 0 Å². The van der Waals surface area contributed by atoms with Gasteiger partial charge in [0, 0.05) is 11.4 Å². The largest absolute Gasteiger partial charge is 0.487 e. The third-order valence-corrected chi connectivity index (χ3v) is 3.45. The van der Waals surface area contributed by atoms with Crippen molar-refractivity contribution in [3.8, 4) is 5.75 Å². The van der Waals surface area contributed by atoms with Gasteiger partial charge in [-0.3, -0.25) is 0 Å². The maximum Gasteiger partial charge on any atom is 0.235 e. The average Bonchev–Trinajstić information content (AvgIpc) is 2.76. The van der Waals surface area contributed by atoms with Crippen molar-refractivity contribution in [3.63, 3.8) is 0 Å². The van der Waals surface area contributed by atoms with Gasteiger partial charge in [-0.05, 0) is 25.1 Å². The summed E-state index contributed by atoms with van der Waals surface area (Å²) in [6, 6.07) is 6.00. The molecule has 0 fully saturated rings. The van der Waals surface area contributed by atoms with Crippen molar-refractivity contribution in [3.05, 3.63) is 34.5 Å². The van der Waals surface area contributed by atoms with Crippen molar-refractivity contribution in [1.29, 1.82) is 0 Å². The third-order valence-electron chi connectivity index (χ3n) is 2.96. The summed E-state index contributed by atoms with van der Waals surface area (Å²) in [7, 11) is 0. The Bertz CT molecular complexity index is 599. The molecule has 6 heteroatoms. The second kappa shape index (κ2) is 4.85. The Morgan fingerprint density at radius 1 is 1.42 bits per heavy atom. The molecule has 0 aliphatic carbocycles. The van der Waals surface area contributed by atoms with Crippen LogP contribution in [0.3, 0.4) is 0 Å². The molecule has 0 spiro atoms. The summed E-state index contributed by atoms with van der Waals surface area (Å²) in [5.41, 5.74) is 1.04. The Kier molecular flexibility index (Phi) is 3.18. The van der Waals surface area contributed by atoms with Crippen LogP contribution in [0.4, 0.5) is 5.69 Å². The molecule has 1 aromatic carbocycles. The molecule has 1 unspecified atom stereocenters. The molecule has 3 rings (SSSR count). The minimum Gasteiger partial charge on any atom is -0.487 e. The molecule has 0 radical (unpaired) electrons. The van der Waals surface area contributed by atoms with Gasteiger partial charge in [0.15, 0.2) is 0 Å². The molecule has 0 saturated heterocycles. The number of ether oxygens (including phenoxy) is 1. The molecule has 0 amide bonds. The van der Waals surface area contributed by atoms with Crippen molar-refractivity contribution in [1.82, 2.24) is 10.2 Å². The van der Waals surface area contributed by atoms with Crippen molar-refractivity contribution >= 4 is 21.6 Å². The van der Waals surface area contributed by atoms with E-state index in [0.717, 1.165) is 22.5 Å². The highest BCUT2D eigenvalue weighted by atomic mass is 79.9. The molecule has 0 N–H and O–H groups in total. The van der Waals surface area contributed by atoms with Gasteiger partial charge >= 0.3 is 0 Å². The van der Waals surface area contributed by atoms with Crippen LogP contribution in [0.15, 0.2) is 27.1 Å². The molecule has 1 atom stereocenters. The molecule has 0 bridgehead atoms. The van der Waals surface area contributed by atoms with Gasteiger partial charge in [0.25, 0.3) is 0 Å². The van der Waals surface area contributed by atoms with Crippen LogP contribution in [0.5, 0.6) is 5.75 Å². The summed E-state index contributed by atoms with van der Waals surface area (Å²) in [4.78, 5) is 2.20. The van der Waals surface area contributed by atoms with E-state index in [9.17, 15) is 0 Å². The summed E-state index contributed by atoms with van der Waals surface area (Å²) < 4.78 is 12.3. The monoisotopic (exact) mass is 323 g/mol. The maximum atomic E-state index is 5.83. The standard InChI is InChI=1S/C13H14BrN3O2/c1-8-6-17(7-13-16-15-9(2)19-13)11-5-10(14)3-4-12(11)18-8/h3-5,8H,6-7H2,1-2H3. The molecule has 19 heavy (non-hydrogen) atoms. The van der Waals surface area contributed by atoms with Crippen LogP contribution in [0, 0.1) is 6.92 Å². The third kappa shape index (κ3) is 2.58. The van der Waals surface area contributed by atoms with Gasteiger partial charge < -0.3 is 14.1 Å². The lowest BCUT2D eigenvalue weighted by atomic mass is 10.2. The van der Waals surface area contributed by atoms with E-state index in [2.05, 4.69) is 38.0 Å². The SMILES string of the molecule is Cc1nnc(CN2CC(C)Oc3ccc(Br)cc32)o1. The van der Waals surface area contributed by atoms with Gasteiger partial charge in [0.05, 0.1) is 18.8 Å². The first-order valence-corrected chi connectivity index (χ1v) is 6.91. The normalized spacial score (nSPS) is 18.1. The Balaban J connectivity index is 1.91. The van der Waals surface area contributed by atoms with Crippen LogP contribution in [0.25, 0.3) is 0 Å². The number of hydrogen-bond acceptors (Lipinski definition) is 5. The number of halogens is 1. The topological polar surface area (TPSA) is 51.4 Å². The Hall–Kier alpha value is -1.56. The molecule has 1 aliphatic heterocycles. The number of fused-ring (bicyclic) bond motifs is 1. The van der Waals surface area contributed by atoms with Gasteiger partial charge in [0.2, 0.25) is 11.8 Å². The number of aryl methyl sites for hydroxylation is 1. The lowest BCUT2D eigenvalue weighted by Gasteiger charge is -2.34. The number of hydrogen-bond donors (Lipinski definition) is 0. The highest BCUT2D eigenvalue weighted by Crippen LogP contribution is 2.36. The van der Waals surface area contributed by atoms with Gasteiger partial charge in [-0.15, -0.1) is 10.2 Å². The zero-order valence-electron chi connectivity index (χ0n) is 10.8. The summed E-state index contributed by atoms with van der Waals surface area (Å²) >= 11 is 3.49. The van der Waals surface area contributed by atoms with E-state index in [0.29, 0.717) is 18.3 Å². The van der Waals surface area contributed by atoms with Crippen molar-refractivity contribution in [2.24, 2.45) is 0 Å². The highest BCUT2D eigenvalue weighted by Gasteiger charge is 2.24. The molecule has 2 heterocycles. The average molecular weight is 324 g/mol. The molecule has 0 saturated carbocycles. The van der Waals surface area contributed by atoms with E-state index in [1.165, 1.54) is 0 Å². The molecule has 2 aromatic rings. The van der Waals surface area contributed by atoms with Gasteiger partial charge in [-0.1, -0.05) is 15.9 Å². The fraction of sp³-hybridized carbons (Fsp3) is 0.385. The van der Waals surface area contributed by atoms with Crippen molar-refractivity contribution in [2.75, 3.05) is 11.4 Å². The lowest BCUT2D eigenvalue weighted by Crippen LogP contribution is -2.38. The lowest BCUT2D eigenvalue weighted by molar-refractivity contribution is 0.210. The highest BCUT2D eigenvalue weighted by molar-refractivity contribution is 9.10. The smallest absolute Gasteiger partial charge is 0.235 e. The van der Waals surface area contributed by atoms with Gasteiger partial charge in [-0.25, -0.2) is 0 Å².